The fraction of sp³-hybridized carbons (Fsp3) is 0.286. The molecule has 7 heteroatoms. The number of nitrogens with one attached hydrogen (secondary N) is 1. The number of aromatic nitrogens is 3. The van der Waals surface area contributed by atoms with Gasteiger partial charge in [0.2, 0.25) is 0 Å². The summed E-state index contributed by atoms with van der Waals surface area (Å²) in [5.41, 5.74) is 3.30. The third-order valence-electron chi connectivity index (χ3n) is 4.91. The Labute approximate surface area is 163 Å². The van der Waals surface area contributed by atoms with Gasteiger partial charge < -0.3 is 14.5 Å². The van der Waals surface area contributed by atoms with Crippen LogP contribution in [0.25, 0.3) is 11.5 Å². The maximum absolute atomic E-state index is 12.5. The van der Waals surface area contributed by atoms with Crippen molar-refractivity contribution in [2.45, 2.75) is 19.5 Å². The van der Waals surface area contributed by atoms with E-state index in [0.29, 0.717) is 36.0 Å². The molecule has 0 aliphatic carbocycles. The molecule has 0 saturated heterocycles. The van der Waals surface area contributed by atoms with E-state index in [1.807, 2.05) is 36.4 Å². The Balaban J connectivity index is 1.58. The summed E-state index contributed by atoms with van der Waals surface area (Å²) in [5.74, 6) is 1.94. The molecular formula is C21H22N4O3. The largest absolute Gasteiger partial charge is 0.493 e. The quantitative estimate of drug-likeness (QED) is 0.734. The lowest BCUT2D eigenvalue weighted by Gasteiger charge is -2.28. The highest BCUT2D eigenvalue weighted by Gasteiger charge is 2.22. The Hall–Kier alpha value is -3.19. The molecule has 2 aromatic heterocycles. The predicted molar refractivity (Wildman–Crippen MR) is 105 cm³/mol. The number of ether oxygens (including phenoxy) is 2. The monoisotopic (exact) mass is 378 g/mol. The van der Waals surface area contributed by atoms with Crippen LogP contribution in [-0.2, 0) is 19.5 Å². The molecule has 3 aromatic rings. The maximum atomic E-state index is 12.5. The van der Waals surface area contributed by atoms with Gasteiger partial charge in [0.25, 0.3) is 5.56 Å². The standard InChI is InChI=1S/C21H22N4O3/c1-27-18-7-6-14(11-19(18)28-2)12-25-10-8-15-17(13-25)23-20(24-21(15)26)16-5-3-4-9-22-16/h3-7,9,11H,8,10,12-13H2,1-2H3,(H,23,24,26). The molecule has 1 N–H and O–H groups in total. The lowest BCUT2D eigenvalue weighted by molar-refractivity contribution is 0.240. The topological polar surface area (TPSA) is 80.3 Å². The highest BCUT2D eigenvalue weighted by atomic mass is 16.5. The predicted octanol–water partition coefficient (Wildman–Crippen LogP) is 2.41. The van der Waals surface area contributed by atoms with Gasteiger partial charge in [0.15, 0.2) is 17.3 Å². The minimum absolute atomic E-state index is 0.0728. The number of hydrogen-bond donors (Lipinski definition) is 1. The van der Waals surface area contributed by atoms with Crippen LogP contribution >= 0.6 is 0 Å². The summed E-state index contributed by atoms with van der Waals surface area (Å²) in [6, 6.07) is 11.5. The van der Waals surface area contributed by atoms with Crippen molar-refractivity contribution in [3.8, 4) is 23.0 Å². The van der Waals surface area contributed by atoms with Crippen LogP contribution in [0.15, 0.2) is 47.4 Å². The molecule has 0 saturated carbocycles. The number of fused-ring (bicyclic) bond motifs is 1. The molecule has 1 aliphatic heterocycles. The second-order valence-electron chi connectivity index (χ2n) is 6.70. The molecular weight excluding hydrogens is 356 g/mol. The molecule has 28 heavy (non-hydrogen) atoms. The zero-order chi connectivity index (χ0) is 19.5. The van der Waals surface area contributed by atoms with Crippen LogP contribution in [0.3, 0.4) is 0 Å². The minimum atomic E-state index is -0.0728. The number of H-pyrrole nitrogens is 1. The molecule has 0 spiro atoms. The molecule has 0 amide bonds. The second kappa shape index (κ2) is 7.82. The van der Waals surface area contributed by atoms with Crippen LogP contribution in [0.1, 0.15) is 16.8 Å². The number of methoxy groups -OCH3 is 2. The first-order valence-corrected chi connectivity index (χ1v) is 9.14. The van der Waals surface area contributed by atoms with Crippen molar-refractivity contribution in [1.82, 2.24) is 19.9 Å². The molecule has 0 radical (unpaired) electrons. The van der Waals surface area contributed by atoms with Crippen LogP contribution in [0.2, 0.25) is 0 Å². The van der Waals surface area contributed by atoms with E-state index in [4.69, 9.17) is 14.5 Å². The average Bonchev–Trinajstić information content (AvgIpc) is 2.74. The van der Waals surface area contributed by atoms with Gasteiger partial charge in [-0.1, -0.05) is 12.1 Å². The first-order chi connectivity index (χ1) is 13.7. The van der Waals surface area contributed by atoms with E-state index < -0.39 is 0 Å². The number of hydrogen-bond acceptors (Lipinski definition) is 6. The number of rotatable bonds is 5. The lowest BCUT2D eigenvalue weighted by atomic mass is 10.1. The van der Waals surface area contributed by atoms with Crippen LogP contribution in [0.5, 0.6) is 11.5 Å². The van der Waals surface area contributed by atoms with Crippen LogP contribution in [-0.4, -0.2) is 40.6 Å². The number of nitrogens with zero attached hydrogens (tertiary/aromatic N) is 3. The van der Waals surface area contributed by atoms with E-state index >= 15 is 0 Å². The van der Waals surface area contributed by atoms with Crippen molar-refractivity contribution in [1.29, 1.82) is 0 Å². The average molecular weight is 378 g/mol. The maximum Gasteiger partial charge on any atom is 0.254 e. The van der Waals surface area contributed by atoms with Gasteiger partial charge in [0, 0.05) is 31.4 Å². The third-order valence-corrected chi connectivity index (χ3v) is 4.91. The number of benzene rings is 1. The first kappa shape index (κ1) is 18.2. The van der Waals surface area contributed by atoms with Crippen LogP contribution in [0, 0.1) is 0 Å². The van der Waals surface area contributed by atoms with Crippen molar-refractivity contribution in [3.63, 3.8) is 0 Å². The number of pyridine rings is 1. The molecule has 1 aliphatic rings. The van der Waals surface area contributed by atoms with E-state index in [0.717, 1.165) is 29.9 Å². The zero-order valence-corrected chi connectivity index (χ0v) is 15.9. The normalized spacial score (nSPS) is 13.8. The van der Waals surface area contributed by atoms with Crippen molar-refractivity contribution in [2.24, 2.45) is 0 Å². The Morgan fingerprint density at radius 3 is 2.75 bits per heavy atom. The lowest BCUT2D eigenvalue weighted by Crippen LogP contribution is -2.35. The zero-order valence-electron chi connectivity index (χ0n) is 15.9. The molecule has 7 nitrogen and oxygen atoms in total. The summed E-state index contributed by atoms with van der Waals surface area (Å²) < 4.78 is 10.7. The van der Waals surface area contributed by atoms with E-state index in [1.54, 1.807) is 20.4 Å². The Morgan fingerprint density at radius 1 is 1.14 bits per heavy atom. The highest BCUT2D eigenvalue weighted by Crippen LogP contribution is 2.28. The van der Waals surface area contributed by atoms with Gasteiger partial charge >= 0.3 is 0 Å². The molecule has 0 unspecified atom stereocenters. The number of aromatic amines is 1. The summed E-state index contributed by atoms with van der Waals surface area (Å²) in [7, 11) is 3.26. The highest BCUT2D eigenvalue weighted by molar-refractivity contribution is 5.49. The second-order valence-corrected chi connectivity index (χ2v) is 6.70. The smallest absolute Gasteiger partial charge is 0.254 e. The van der Waals surface area contributed by atoms with Gasteiger partial charge in [-0.15, -0.1) is 0 Å². The molecule has 1 aromatic carbocycles. The van der Waals surface area contributed by atoms with E-state index in [-0.39, 0.29) is 5.56 Å². The van der Waals surface area contributed by atoms with Crippen molar-refractivity contribution in [2.75, 3.05) is 20.8 Å². The molecule has 3 heterocycles. The third kappa shape index (κ3) is 3.61. The van der Waals surface area contributed by atoms with E-state index in [1.165, 1.54) is 0 Å². The summed E-state index contributed by atoms with van der Waals surface area (Å²) in [4.78, 5) is 26.6. The Bertz CT molecular complexity index is 1030. The van der Waals surface area contributed by atoms with Gasteiger partial charge in [-0.25, -0.2) is 4.98 Å². The van der Waals surface area contributed by atoms with Crippen LogP contribution in [0.4, 0.5) is 0 Å². The van der Waals surface area contributed by atoms with Gasteiger partial charge in [-0.05, 0) is 36.2 Å². The van der Waals surface area contributed by atoms with Crippen molar-refractivity contribution in [3.05, 3.63) is 69.8 Å². The molecule has 0 fully saturated rings. The molecule has 0 bridgehead atoms. The summed E-state index contributed by atoms with van der Waals surface area (Å²) in [6.07, 6.45) is 2.37. The van der Waals surface area contributed by atoms with Gasteiger partial charge in [-0.2, -0.15) is 0 Å². The first-order valence-electron chi connectivity index (χ1n) is 9.14. The van der Waals surface area contributed by atoms with E-state index in [9.17, 15) is 4.79 Å². The van der Waals surface area contributed by atoms with Gasteiger partial charge in [0.1, 0.15) is 5.69 Å². The van der Waals surface area contributed by atoms with Crippen LogP contribution < -0.4 is 15.0 Å². The fourth-order valence-corrected chi connectivity index (χ4v) is 3.49. The van der Waals surface area contributed by atoms with Gasteiger partial charge in [0.05, 0.1) is 19.9 Å². The van der Waals surface area contributed by atoms with E-state index in [2.05, 4.69) is 14.9 Å². The minimum Gasteiger partial charge on any atom is -0.493 e. The Kier molecular flexibility index (Phi) is 5.08. The summed E-state index contributed by atoms with van der Waals surface area (Å²) in [5, 5.41) is 0. The molecule has 0 atom stereocenters. The SMILES string of the molecule is COc1ccc(CN2CCc3c(nc(-c4ccccn4)[nH]c3=O)C2)cc1OC. The summed E-state index contributed by atoms with van der Waals surface area (Å²) in [6.45, 7) is 2.16. The summed E-state index contributed by atoms with van der Waals surface area (Å²) >= 11 is 0. The fourth-order valence-electron chi connectivity index (χ4n) is 3.49. The van der Waals surface area contributed by atoms with Crippen molar-refractivity contribution >= 4 is 0 Å². The molecule has 144 valence electrons. The Morgan fingerprint density at radius 2 is 2.00 bits per heavy atom. The van der Waals surface area contributed by atoms with Crippen molar-refractivity contribution < 1.29 is 9.47 Å². The molecule has 4 rings (SSSR count). The van der Waals surface area contributed by atoms with Gasteiger partial charge in [-0.3, -0.25) is 14.7 Å².